The van der Waals surface area contributed by atoms with Crippen LogP contribution in [0.4, 0.5) is 5.69 Å². The van der Waals surface area contributed by atoms with E-state index in [1.54, 1.807) is 6.07 Å². The van der Waals surface area contributed by atoms with Crippen LogP contribution in [-0.2, 0) is 0 Å². The highest BCUT2D eigenvalue weighted by Gasteiger charge is 2.15. The van der Waals surface area contributed by atoms with Gasteiger partial charge in [0.15, 0.2) is 0 Å². The lowest BCUT2D eigenvalue weighted by Gasteiger charge is -2.16. The Morgan fingerprint density at radius 3 is 2.65 bits per heavy atom. The zero-order valence-corrected chi connectivity index (χ0v) is 11.5. The molecule has 3 nitrogen and oxygen atoms in total. The molecule has 0 aliphatic heterocycles. The van der Waals surface area contributed by atoms with Crippen molar-refractivity contribution in [1.29, 1.82) is 10.5 Å². The van der Waals surface area contributed by atoms with Gasteiger partial charge in [-0.1, -0.05) is 15.9 Å². The quantitative estimate of drug-likeness (QED) is 0.921. The van der Waals surface area contributed by atoms with Crippen molar-refractivity contribution in [2.45, 2.75) is 20.3 Å². The molecule has 1 rings (SSSR count). The van der Waals surface area contributed by atoms with Gasteiger partial charge in [-0.25, -0.2) is 0 Å². The summed E-state index contributed by atoms with van der Waals surface area (Å²) >= 11 is 3.33. The van der Waals surface area contributed by atoms with Crippen molar-refractivity contribution in [2.24, 2.45) is 5.41 Å². The molecule has 4 heteroatoms. The lowest BCUT2D eigenvalue weighted by molar-refractivity contribution is 0.466. The maximum atomic E-state index is 8.99. The van der Waals surface area contributed by atoms with Crippen LogP contribution in [-0.4, -0.2) is 6.54 Å². The van der Waals surface area contributed by atoms with E-state index in [0.29, 0.717) is 12.1 Å². The number of benzene rings is 1. The molecule has 0 atom stereocenters. The first-order valence-electron chi connectivity index (χ1n) is 5.33. The summed E-state index contributed by atoms with van der Waals surface area (Å²) in [7, 11) is 0. The Hall–Kier alpha value is -1.52. The molecule has 0 heterocycles. The molecular weight excluding hydrogens is 278 g/mol. The highest BCUT2D eigenvalue weighted by molar-refractivity contribution is 9.10. The molecule has 88 valence electrons. The van der Waals surface area contributed by atoms with E-state index in [9.17, 15) is 0 Å². The Kier molecular flexibility index (Phi) is 4.54. The van der Waals surface area contributed by atoms with E-state index in [-0.39, 0.29) is 5.41 Å². The van der Waals surface area contributed by atoms with Gasteiger partial charge in [0.2, 0.25) is 0 Å². The van der Waals surface area contributed by atoms with Gasteiger partial charge < -0.3 is 5.32 Å². The van der Waals surface area contributed by atoms with E-state index in [4.69, 9.17) is 10.5 Å². The average Bonchev–Trinajstić information content (AvgIpc) is 2.30. The monoisotopic (exact) mass is 291 g/mol. The number of anilines is 1. The Bertz CT molecular complexity index is 480. The number of hydrogen-bond acceptors (Lipinski definition) is 3. The number of nitriles is 2. The normalized spacial score (nSPS) is 10.4. The molecule has 0 aromatic heterocycles. The third kappa shape index (κ3) is 4.09. The molecule has 0 bridgehead atoms. The number of rotatable bonds is 4. The first kappa shape index (κ1) is 13.5. The van der Waals surface area contributed by atoms with Crippen molar-refractivity contribution in [3.8, 4) is 12.1 Å². The van der Waals surface area contributed by atoms with E-state index in [2.05, 4.69) is 33.4 Å². The van der Waals surface area contributed by atoms with E-state index in [1.807, 2.05) is 26.0 Å². The Morgan fingerprint density at radius 1 is 1.35 bits per heavy atom. The first-order chi connectivity index (χ1) is 7.98. The average molecular weight is 292 g/mol. The van der Waals surface area contributed by atoms with Crippen molar-refractivity contribution in [3.63, 3.8) is 0 Å². The molecule has 1 aromatic carbocycles. The van der Waals surface area contributed by atoms with Crippen LogP contribution < -0.4 is 5.32 Å². The molecule has 0 unspecified atom stereocenters. The first-order valence-corrected chi connectivity index (χ1v) is 6.12. The fraction of sp³-hybridized carbons (Fsp3) is 0.385. The van der Waals surface area contributed by atoms with Crippen molar-refractivity contribution >= 4 is 21.6 Å². The van der Waals surface area contributed by atoms with Gasteiger partial charge in [0.25, 0.3) is 0 Å². The van der Waals surface area contributed by atoms with Crippen LogP contribution in [0.5, 0.6) is 0 Å². The smallest absolute Gasteiger partial charge is 0.101 e. The summed E-state index contributed by atoms with van der Waals surface area (Å²) in [6, 6.07) is 9.92. The van der Waals surface area contributed by atoms with E-state index < -0.39 is 0 Å². The van der Waals surface area contributed by atoms with Crippen molar-refractivity contribution in [3.05, 3.63) is 28.2 Å². The van der Waals surface area contributed by atoms with Crippen LogP contribution in [0.3, 0.4) is 0 Å². The molecule has 0 fully saturated rings. The highest BCUT2D eigenvalue weighted by Crippen LogP contribution is 2.22. The minimum atomic E-state index is -0.338. The molecule has 0 radical (unpaired) electrons. The van der Waals surface area contributed by atoms with Crippen LogP contribution in [0.2, 0.25) is 0 Å². The number of nitrogens with one attached hydrogen (secondary N) is 1. The number of nitrogens with zero attached hydrogens (tertiary/aromatic N) is 2. The molecule has 17 heavy (non-hydrogen) atoms. The summed E-state index contributed by atoms with van der Waals surface area (Å²) in [6.45, 7) is 4.49. The van der Waals surface area contributed by atoms with Crippen molar-refractivity contribution in [1.82, 2.24) is 0 Å². The second kappa shape index (κ2) is 5.70. The predicted octanol–water partition coefficient (Wildman–Crippen LogP) is 3.67. The van der Waals surface area contributed by atoms with Gasteiger partial charge in [-0.15, -0.1) is 0 Å². The van der Waals surface area contributed by atoms with E-state index >= 15 is 0 Å². The zero-order chi connectivity index (χ0) is 12.9. The standard InChI is InChI=1S/C13H14BrN3/c1-13(2,9-16)5-6-17-12-4-3-11(14)7-10(12)8-15/h3-4,7,17H,5-6H2,1-2H3. The molecular formula is C13H14BrN3. The summed E-state index contributed by atoms with van der Waals surface area (Å²) in [4.78, 5) is 0. The summed E-state index contributed by atoms with van der Waals surface area (Å²) in [6.07, 6.45) is 0.741. The molecule has 0 aliphatic carbocycles. The molecule has 0 amide bonds. The van der Waals surface area contributed by atoms with Crippen LogP contribution in [0, 0.1) is 28.1 Å². The Labute approximate surface area is 110 Å². The maximum absolute atomic E-state index is 8.99. The number of hydrogen-bond donors (Lipinski definition) is 1. The van der Waals surface area contributed by atoms with Crippen LogP contribution in [0.1, 0.15) is 25.8 Å². The second-order valence-electron chi connectivity index (χ2n) is 4.47. The highest BCUT2D eigenvalue weighted by atomic mass is 79.9. The van der Waals surface area contributed by atoms with Gasteiger partial charge >= 0.3 is 0 Å². The molecule has 1 N–H and O–H groups in total. The van der Waals surface area contributed by atoms with Gasteiger partial charge in [0.1, 0.15) is 6.07 Å². The van der Waals surface area contributed by atoms with E-state index in [1.165, 1.54) is 0 Å². The fourth-order valence-electron chi connectivity index (χ4n) is 1.33. The lowest BCUT2D eigenvalue weighted by Crippen LogP contribution is -2.15. The topological polar surface area (TPSA) is 59.6 Å². The molecule has 0 aliphatic rings. The SMILES string of the molecule is CC(C)(C#N)CCNc1ccc(Br)cc1C#N. The minimum absolute atomic E-state index is 0.338. The third-order valence-electron chi connectivity index (χ3n) is 2.47. The largest absolute Gasteiger partial charge is 0.384 e. The predicted molar refractivity (Wildman–Crippen MR) is 71.4 cm³/mol. The van der Waals surface area contributed by atoms with Gasteiger partial charge in [0.05, 0.1) is 22.7 Å². The zero-order valence-electron chi connectivity index (χ0n) is 9.92. The van der Waals surface area contributed by atoms with E-state index in [0.717, 1.165) is 16.6 Å². The fourth-order valence-corrected chi connectivity index (χ4v) is 1.69. The number of halogens is 1. The van der Waals surface area contributed by atoms with Crippen LogP contribution >= 0.6 is 15.9 Å². The minimum Gasteiger partial charge on any atom is -0.384 e. The van der Waals surface area contributed by atoms with Gasteiger partial charge in [-0.05, 0) is 38.5 Å². The van der Waals surface area contributed by atoms with Crippen molar-refractivity contribution < 1.29 is 0 Å². The van der Waals surface area contributed by atoms with Gasteiger partial charge in [-0.3, -0.25) is 0 Å². The molecule has 0 saturated carbocycles. The third-order valence-corrected chi connectivity index (χ3v) is 2.96. The Balaban J connectivity index is 2.66. The van der Waals surface area contributed by atoms with Gasteiger partial charge in [0, 0.05) is 11.0 Å². The lowest BCUT2D eigenvalue weighted by atomic mass is 9.91. The second-order valence-corrected chi connectivity index (χ2v) is 5.39. The van der Waals surface area contributed by atoms with Crippen LogP contribution in [0.25, 0.3) is 0 Å². The Morgan fingerprint density at radius 2 is 2.06 bits per heavy atom. The molecule has 1 aromatic rings. The maximum Gasteiger partial charge on any atom is 0.101 e. The molecule has 0 saturated heterocycles. The van der Waals surface area contributed by atoms with Crippen molar-refractivity contribution in [2.75, 3.05) is 11.9 Å². The summed E-state index contributed by atoms with van der Waals surface area (Å²) < 4.78 is 0.886. The van der Waals surface area contributed by atoms with Gasteiger partial charge in [-0.2, -0.15) is 10.5 Å². The summed E-state index contributed by atoms with van der Waals surface area (Å²) in [5, 5.41) is 21.1. The summed E-state index contributed by atoms with van der Waals surface area (Å²) in [5.41, 5.74) is 1.08. The summed E-state index contributed by atoms with van der Waals surface area (Å²) in [5.74, 6) is 0. The molecule has 0 spiro atoms. The van der Waals surface area contributed by atoms with Crippen LogP contribution in [0.15, 0.2) is 22.7 Å².